The van der Waals surface area contributed by atoms with Gasteiger partial charge in [0, 0.05) is 24.5 Å². The zero-order valence-electron chi connectivity index (χ0n) is 15.7. The van der Waals surface area contributed by atoms with E-state index in [0.29, 0.717) is 25.3 Å². The van der Waals surface area contributed by atoms with Gasteiger partial charge in [0.05, 0.1) is 5.57 Å². The summed E-state index contributed by atoms with van der Waals surface area (Å²) >= 11 is 1.65. The highest BCUT2D eigenvalue weighted by molar-refractivity contribution is 7.98. The molecule has 1 amide bonds. The second-order valence-corrected chi connectivity index (χ2v) is 7.30. The predicted octanol–water partition coefficient (Wildman–Crippen LogP) is 2.81. The molecule has 24 heavy (non-hydrogen) atoms. The quantitative estimate of drug-likeness (QED) is 0.482. The second-order valence-electron chi connectivity index (χ2n) is 6.32. The highest BCUT2D eigenvalue weighted by Gasteiger charge is 2.30. The molecule has 0 saturated heterocycles. The molecule has 0 aromatic heterocycles. The van der Waals surface area contributed by atoms with E-state index in [4.69, 9.17) is 4.74 Å². The Labute approximate surface area is 150 Å². The van der Waals surface area contributed by atoms with Crippen LogP contribution in [-0.2, 0) is 14.3 Å². The average Bonchev–Trinajstić information content (AvgIpc) is 3.01. The van der Waals surface area contributed by atoms with Crippen molar-refractivity contribution in [3.8, 4) is 0 Å². The third-order valence-corrected chi connectivity index (χ3v) is 4.90. The summed E-state index contributed by atoms with van der Waals surface area (Å²) in [7, 11) is 0. The van der Waals surface area contributed by atoms with Crippen molar-refractivity contribution in [1.29, 1.82) is 0 Å². The van der Waals surface area contributed by atoms with E-state index in [-0.39, 0.29) is 23.8 Å². The fraction of sp³-hybridized carbons (Fsp3) is 0.778. The minimum absolute atomic E-state index is 0.101. The SMILES string of the molecule is CCN(CC)C(=O)[C@@H](NC1=C(C(=O)OCCSC)CCC1)C(C)C. The van der Waals surface area contributed by atoms with Crippen molar-refractivity contribution in [3.63, 3.8) is 0 Å². The number of nitrogens with one attached hydrogen (secondary N) is 1. The fourth-order valence-corrected chi connectivity index (χ4v) is 3.12. The Balaban J connectivity index is 2.85. The van der Waals surface area contributed by atoms with Gasteiger partial charge >= 0.3 is 5.97 Å². The van der Waals surface area contributed by atoms with Gasteiger partial charge in [-0.1, -0.05) is 13.8 Å². The van der Waals surface area contributed by atoms with Crippen LogP contribution in [0, 0.1) is 5.92 Å². The lowest BCUT2D eigenvalue weighted by Crippen LogP contribution is -2.49. The molecule has 0 heterocycles. The van der Waals surface area contributed by atoms with Gasteiger partial charge in [0.25, 0.3) is 0 Å². The number of amides is 1. The van der Waals surface area contributed by atoms with E-state index in [2.05, 4.69) is 5.32 Å². The van der Waals surface area contributed by atoms with Crippen LogP contribution < -0.4 is 5.32 Å². The number of thioether (sulfide) groups is 1. The molecule has 0 fully saturated rings. The molecule has 1 atom stereocenters. The number of ether oxygens (including phenoxy) is 1. The fourth-order valence-electron chi connectivity index (χ4n) is 2.87. The topological polar surface area (TPSA) is 58.6 Å². The molecule has 1 aliphatic rings. The van der Waals surface area contributed by atoms with Crippen molar-refractivity contribution in [3.05, 3.63) is 11.3 Å². The standard InChI is InChI=1S/C18H32N2O3S/c1-6-20(7-2)17(21)16(13(3)4)19-15-10-8-9-14(15)18(22)23-11-12-24-5/h13,16,19H,6-12H2,1-5H3/t16-/m0/s1. The number of hydrogen-bond acceptors (Lipinski definition) is 5. The smallest absolute Gasteiger partial charge is 0.335 e. The van der Waals surface area contributed by atoms with Crippen LogP contribution >= 0.6 is 11.8 Å². The largest absolute Gasteiger partial charge is 0.461 e. The number of carbonyl (C=O) groups excluding carboxylic acids is 2. The van der Waals surface area contributed by atoms with Crippen molar-refractivity contribution in [2.75, 3.05) is 31.7 Å². The lowest BCUT2D eigenvalue weighted by Gasteiger charge is -2.29. The van der Waals surface area contributed by atoms with E-state index in [0.717, 1.165) is 30.7 Å². The van der Waals surface area contributed by atoms with Crippen molar-refractivity contribution in [1.82, 2.24) is 10.2 Å². The summed E-state index contributed by atoms with van der Waals surface area (Å²) in [4.78, 5) is 26.9. The summed E-state index contributed by atoms with van der Waals surface area (Å²) in [5, 5.41) is 3.37. The van der Waals surface area contributed by atoms with Crippen molar-refractivity contribution >= 4 is 23.6 Å². The Bertz CT molecular complexity index is 459. The summed E-state index contributed by atoms with van der Waals surface area (Å²) in [6, 6.07) is -0.299. The Hall–Kier alpha value is -1.17. The Kier molecular flexibility index (Phi) is 9.26. The van der Waals surface area contributed by atoms with Crippen LogP contribution in [-0.4, -0.2) is 54.5 Å². The molecular weight excluding hydrogens is 324 g/mol. The maximum absolute atomic E-state index is 12.7. The number of allylic oxidation sites excluding steroid dienone is 1. The van der Waals surface area contributed by atoms with Gasteiger partial charge < -0.3 is 15.0 Å². The van der Waals surface area contributed by atoms with E-state index in [1.165, 1.54) is 0 Å². The summed E-state index contributed by atoms with van der Waals surface area (Å²) in [6.07, 6.45) is 4.45. The van der Waals surface area contributed by atoms with Crippen LogP contribution in [0.25, 0.3) is 0 Å². The number of carbonyl (C=O) groups is 2. The summed E-state index contributed by atoms with van der Waals surface area (Å²) in [5.74, 6) is 0.822. The Morgan fingerprint density at radius 1 is 1.25 bits per heavy atom. The van der Waals surface area contributed by atoms with Crippen LogP contribution in [0.2, 0.25) is 0 Å². The van der Waals surface area contributed by atoms with Gasteiger partial charge in [-0.25, -0.2) is 4.79 Å². The third-order valence-electron chi connectivity index (χ3n) is 4.32. The zero-order valence-corrected chi connectivity index (χ0v) is 16.5. The molecule has 1 rings (SSSR count). The first kappa shape index (κ1) is 20.9. The monoisotopic (exact) mass is 356 g/mol. The van der Waals surface area contributed by atoms with E-state index in [9.17, 15) is 9.59 Å². The summed E-state index contributed by atoms with van der Waals surface area (Å²) in [6.45, 7) is 9.87. The molecule has 138 valence electrons. The number of esters is 1. The number of nitrogens with zero attached hydrogens (tertiary/aromatic N) is 1. The minimum Gasteiger partial charge on any atom is -0.461 e. The molecule has 0 saturated carbocycles. The van der Waals surface area contributed by atoms with Crippen LogP contribution in [0.15, 0.2) is 11.3 Å². The first-order valence-corrected chi connectivity index (χ1v) is 10.3. The molecule has 0 aromatic rings. The van der Waals surface area contributed by atoms with Crippen LogP contribution in [0.5, 0.6) is 0 Å². The van der Waals surface area contributed by atoms with E-state index >= 15 is 0 Å². The van der Waals surface area contributed by atoms with E-state index < -0.39 is 0 Å². The Morgan fingerprint density at radius 2 is 1.92 bits per heavy atom. The lowest BCUT2D eigenvalue weighted by molar-refractivity contribution is -0.139. The molecule has 0 bridgehead atoms. The maximum Gasteiger partial charge on any atom is 0.335 e. The first-order chi connectivity index (χ1) is 11.5. The molecule has 0 spiro atoms. The van der Waals surface area contributed by atoms with Crippen molar-refractivity contribution in [2.45, 2.75) is 53.0 Å². The lowest BCUT2D eigenvalue weighted by atomic mass is 10.0. The minimum atomic E-state index is -0.299. The number of likely N-dealkylation sites (N-methyl/N-ethyl adjacent to an activating group) is 1. The molecule has 1 N–H and O–H groups in total. The molecule has 1 aliphatic carbocycles. The molecule has 5 nitrogen and oxygen atoms in total. The van der Waals surface area contributed by atoms with Gasteiger partial charge in [0.15, 0.2) is 0 Å². The molecule has 0 aromatic carbocycles. The van der Waals surface area contributed by atoms with Crippen LogP contribution in [0.4, 0.5) is 0 Å². The number of rotatable bonds is 10. The van der Waals surface area contributed by atoms with Crippen molar-refractivity contribution < 1.29 is 14.3 Å². The van der Waals surface area contributed by atoms with E-state index in [1.807, 2.05) is 38.9 Å². The highest BCUT2D eigenvalue weighted by Crippen LogP contribution is 2.26. The summed E-state index contributed by atoms with van der Waals surface area (Å²) < 4.78 is 5.34. The van der Waals surface area contributed by atoms with E-state index in [1.54, 1.807) is 11.8 Å². The third kappa shape index (κ3) is 5.72. The second kappa shape index (κ2) is 10.6. The maximum atomic E-state index is 12.7. The van der Waals surface area contributed by atoms with Gasteiger partial charge in [0.2, 0.25) is 5.91 Å². The Morgan fingerprint density at radius 3 is 2.46 bits per heavy atom. The summed E-state index contributed by atoms with van der Waals surface area (Å²) in [5.41, 5.74) is 1.61. The van der Waals surface area contributed by atoms with Gasteiger partial charge in [-0.3, -0.25) is 4.79 Å². The van der Waals surface area contributed by atoms with Gasteiger partial charge in [-0.15, -0.1) is 0 Å². The average molecular weight is 357 g/mol. The van der Waals surface area contributed by atoms with Gasteiger partial charge in [-0.2, -0.15) is 11.8 Å². The van der Waals surface area contributed by atoms with Crippen molar-refractivity contribution in [2.24, 2.45) is 5.92 Å². The molecular formula is C18H32N2O3S. The van der Waals surface area contributed by atoms with Gasteiger partial charge in [0.1, 0.15) is 12.6 Å². The van der Waals surface area contributed by atoms with Gasteiger partial charge in [-0.05, 0) is 45.3 Å². The highest BCUT2D eigenvalue weighted by atomic mass is 32.2. The normalized spacial score (nSPS) is 15.6. The molecule has 0 radical (unpaired) electrons. The van der Waals surface area contributed by atoms with Crippen LogP contribution in [0.3, 0.4) is 0 Å². The molecule has 6 heteroatoms. The first-order valence-electron chi connectivity index (χ1n) is 8.89. The predicted molar refractivity (Wildman–Crippen MR) is 99.9 cm³/mol. The molecule has 0 unspecified atom stereocenters. The zero-order chi connectivity index (χ0) is 18.1. The van der Waals surface area contributed by atoms with Crippen LogP contribution in [0.1, 0.15) is 47.0 Å². The molecule has 0 aliphatic heterocycles. The number of hydrogen-bond donors (Lipinski definition) is 1.